The number of nitrogen functional groups attached to an aromatic ring is 1. The van der Waals surface area contributed by atoms with Gasteiger partial charge in [0.1, 0.15) is 0 Å². The summed E-state index contributed by atoms with van der Waals surface area (Å²) in [6.07, 6.45) is 0. The minimum atomic E-state index is -3.77. The molecule has 10 heteroatoms. The highest BCUT2D eigenvalue weighted by Crippen LogP contribution is 2.19. The molecule has 0 atom stereocenters. The Bertz CT molecular complexity index is 739. The largest absolute Gasteiger partial charge is 0.399 e. The second-order valence-electron chi connectivity index (χ2n) is 4.12. The molecule has 0 aliphatic carbocycles. The third-order valence-corrected chi connectivity index (χ3v) is 4.97. The average Bonchev–Trinajstić information content (AvgIpc) is 2.86. The van der Waals surface area contributed by atoms with Gasteiger partial charge in [0.15, 0.2) is 0 Å². The van der Waals surface area contributed by atoms with E-state index in [0.29, 0.717) is 5.69 Å². The predicted octanol–water partition coefficient (Wildman–Crippen LogP) is 0.557. The molecule has 0 unspecified atom stereocenters. The van der Waals surface area contributed by atoms with Gasteiger partial charge in [-0.25, -0.2) is 13.1 Å². The van der Waals surface area contributed by atoms with Gasteiger partial charge in [-0.2, -0.15) is 0 Å². The lowest BCUT2D eigenvalue weighted by Crippen LogP contribution is -2.23. The quantitative estimate of drug-likeness (QED) is 0.544. The number of hydrogen-bond donors (Lipinski definition) is 3. The molecule has 1 aromatic heterocycles. The number of nitrogens with one attached hydrogen (secondary N) is 2. The van der Waals surface area contributed by atoms with Gasteiger partial charge in [0.05, 0.1) is 0 Å². The van der Waals surface area contributed by atoms with Crippen LogP contribution in [0, 0.1) is 0 Å². The molecule has 1 amide bonds. The molecule has 8 nitrogen and oxygen atoms in total. The van der Waals surface area contributed by atoms with Crippen molar-refractivity contribution in [2.45, 2.75) is 17.8 Å². The first-order valence-corrected chi connectivity index (χ1v) is 8.12. The van der Waals surface area contributed by atoms with Gasteiger partial charge in [-0.05, 0) is 17.7 Å². The Kier molecular flexibility index (Phi) is 4.50. The summed E-state index contributed by atoms with van der Waals surface area (Å²) in [5.74, 6) is -0.343. The highest BCUT2D eigenvalue weighted by atomic mass is 32.2. The van der Waals surface area contributed by atoms with E-state index < -0.39 is 10.0 Å². The van der Waals surface area contributed by atoms with E-state index in [1.54, 1.807) is 24.3 Å². The first-order chi connectivity index (χ1) is 9.87. The van der Waals surface area contributed by atoms with Crippen LogP contribution in [0.25, 0.3) is 0 Å². The number of hydrogen-bond acceptors (Lipinski definition) is 7. The molecule has 2 aromatic rings. The smallest absolute Gasteiger partial charge is 0.270 e. The molecule has 21 heavy (non-hydrogen) atoms. The van der Waals surface area contributed by atoms with Crippen LogP contribution < -0.4 is 15.8 Å². The highest BCUT2D eigenvalue weighted by molar-refractivity contribution is 7.91. The van der Waals surface area contributed by atoms with E-state index in [4.69, 9.17) is 5.73 Å². The number of nitrogens with zero attached hydrogens (tertiary/aromatic N) is 2. The fraction of sp³-hybridized carbons (Fsp3) is 0.182. The Hall–Kier alpha value is -2.04. The van der Waals surface area contributed by atoms with Crippen molar-refractivity contribution in [2.24, 2.45) is 0 Å². The van der Waals surface area contributed by atoms with E-state index in [0.717, 1.165) is 16.9 Å². The van der Waals surface area contributed by atoms with E-state index in [1.807, 2.05) is 0 Å². The standard InChI is InChI=1S/C11H13N5O3S2/c1-7(17)14-10-15-16-11(20-10)21(18,19)13-6-8-2-4-9(12)5-3-8/h2-5,13H,6,12H2,1H3,(H,14,15,17). The number of carbonyl (C=O) groups excluding carboxylic acids is 1. The van der Waals surface area contributed by atoms with Gasteiger partial charge in [0, 0.05) is 19.2 Å². The Morgan fingerprint density at radius 3 is 2.57 bits per heavy atom. The van der Waals surface area contributed by atoms with Crippen LogP contribution in [0.15, 0.2) is 28.6 Å². The Labute approximate surface area is 125 Å². The van der Waals surface area contributed by atoms with Crippen molar-refractivity contribution >= 4 is 38.1 Å². The lowest BCUT2D eigenvalue weighted by Gasteiger charge is -2.04. The third kappa shape index (κ3) is 4.21. The first kappa shape index (κ1) is 15.4. The SMILES string of the molecule is CC(=O)Nc1nnc(S(=O)(=O)NCc2ccc(N)cc2)s1. The monoisotopic (exact) mass is 327 g/mol. The number of anilines is 2. The molecule has 0 saturated carbocycles. The molecule has 0 aliphatic heterocycles. The number of rotatable bonds is 5. The molecule has 0 bridgehead atoms. The first-order valence-electron chi connectivity index (χ1n) is 5.82. The number of amides is 1. The van der Waals surface area contributed by atoms with Gasteiger partial charge in [0.2, 0.25) is 15.4 Å². The van der Waals surface area contributed by atoms with Crippen LogP contribution in [0.5, 0.6) is 0 Å². The second-order valence-corrected chi connectivity index (χ2v) is 7.04. The topological polar surface area (TPSA) is 127 Å². The molecule has 2 rings (SSSR count). The summed E-state index contributed by atoms with van der Waals surface area (Å²) < 4.78 is 26.3. The van der Waals surface area contributed by atoms with E-state index in [9.17, 15) is 13.2 Å². The summed E-state index contributed by atoms with van der Waals surface area (Å²) in [6.45, 7) is 1.41. The Balaban J connectivity index is 2.06. The number of carbonyl (C=O) groups is 1. The van der Waals surface area contributed by atoms with Crippen LogP contribution in [0.2, 0.25) is 0 Å². The summed E-state index contributed by atoms with van der Waals surface area (Å²) >= 11 is 0.781. The minimum Gasteiger partial charge on any atom is -0.399 e. The highest BCUT2D eigenvalue weighted by Gasteiger charge is 2.20. The van der Waals surface area contributed by atoms with Gasteiger partial charge in [-0.3, -0.25) is 4.79 Å². The van der Waals surface area contributed by atoms with Gasteiger partial charge < -0.3 is 11.1 Å². The van der Waals surface area contributed by atoms with Crippen LogP contribution in [0.3, 0.4) is 0 Å². The molecule has 112 valence electrons. The zero-order valence-electron chi connectivity index (χ0n) is 11.0. The molecule has 4 N–H and O–H groups in total. The molecule has 1 heterocycles. The van der Waals surface area contributed by atoms with Gasteiger partial charge >= 0.3 is 0 Å². The van der Waals surface area contributed by atoms with Crippen LogP contribution in [0.1, 0.15) is 12.5 Å². The molecular formula is C11H13N5O3S2. The fourth-order valence-corrected chi connectivity index (χ4v) is 3.40. The molecule has 0 saturated heterocycles. The fourth-order valence-electron chi connectivity index (χ4n) is 1.40. The van der Waals surface area contributed by atoms with Gasteiger partial charge in [-0.15, -0.1) is 10.2 Å². The molecule has 0 fully saturated rings. The zero-order valence-corrected chi connectivity index (χ0v) is 12.7. The third-order valence-electron chi connectivity index (χ3n) is 2.37. The van der Waals surface area contributed by atoms with Crippen LogP contribution in [0.4, 0.5) is 10.8 Å². The maximum atomic E-state index is 12.0. The summed E-state index contributed by atoms with van der Waals surface area (Å²) in [7, 11) is -3.77. The van der Waals surface area contributed by atoms with Crippen LogP contribution in [-0.4, -0.2) is 24.5 Å². The number of benzene rings is 1. The predicted molar refractivity (Wildman–Crippen MR) is 79.1 cm³/mol. The van der Waals surface area contributed by atoms with Crippen molar-refractivity contribution in [3.63, 3.8) is 0 Å². The maximum absolute atomic E-state index is 12.0. The van der Waals surface area contributed by atoms with Crippen LogP contribution >= 0.6 is 11.3 Å². The van der Waals surface area contributed by atoms with E-state index in [2.05, 4.69) is 20.2 Å². The van der Waals surface area contributed by atoms with Crippen molar-refractivity contribution in [3.05, 3.63) is 29.8 Å². The minimum absolute atomic E-state index is 0.109. The Morgan fingerprint density at radius 2 is 1.95 bits per heavy atom. The number of sulfonamides is 1. The lowest BCUT2D eigenvalue weighted by molar-refractivity contribution is -0.114. The molecular weight excluding hydrogens is 314 g/mol. The summed E-state index contributed by atoms with van der Waals surface area (Å²) in [4.78, 5) is 10.9. The number of nitrogens with two attached hydrogens (primary N) is 1. The maximum Gasteiger partial charge on any atom is 0.270 e. The molecule has 0 radical (unpaired) electrons. The van der Waals surface area contributed by atoms with E-state index >= 15 is 0 Å². The van der Waals surface area contributed by atoms with Crippen LogP contribution in [-0.2, 0) is 21.4 Å². The Morgan fingerprint density at radius 1 is 1.29 bits per heavy atom. The van der Waals surface area contributed by atoms with Gasteiger partial charge in [0.25, 0.3) is 10.0 Å². The number of aromatic nitrogens is 2. The lowest BCUT2D eigenvalue weighted by atomic mass is 10.2. The average molecular weight is 327 g/mol. The molecule has 1 aromatic carbocycles. The van der Waals surface area contributed by atoms with Gasteiger partial charge in [-0.1, -0.05) is 23.5 Å². The van der Waals surface area contributed by atoms with Crippen molar-refractivity contribution in [1.29, 1.82) is 0 Å². The molecule has 0 spiro atoms. The summed E-state index contributed by atoms with van der Waals surface area (Å²) in [5, 5.41) is 9.65. The van der Waals surface area contributed by atoms with E-state index in [-0.39, 0.29) is 21.9 Å². The normalized spacial score (nSPS) is 11.3. The van der Waals surface area contributed by atoms with Crippen molar-refractivity contribution in [2.75, 3.05) is 11.1 Å². The van der Waals surface area contributed by atoms with Crippen molar-refractivity contribution in [3.8, 4) is 0 Å². The van der Waals surface area contributed by atoms with Crippen molar-refractivity contribution in [1.82, 2.24) is 14.9 Å². The summed E-state index contributed by atoms with van der Waals surface area (Å²) in [5.41, 5.74) is 6.92. The van der Waals surface area contributed by atoms with Crippen molar-refractivity contribution < 1.29 is 13.2 Å². The zero-order chi connectivity index (χ0) is 15.5. The second kappa shape index (κ2) is 6.16. The summed E-state index contributed by atoms with van der Waals surface area (Å²) in [6, 6.07) is 6.81. The molecule has 0 aliphatic rings. The van der Waals surface area contributed by atoms with E-state index in [1.165, 1.54) is 6.92 Å².